The molecular weight excluding hydrogens is 269 g/mol. The molecule has 0 saturated carbocycles. The van der Waals surface area contributed by atoms with Gasteiger partial charge in [0, 0.05) is 44.1 Å². The van der Waals surface area contributed by atoms with E-state index in [9.17, 15) is 4.39 Å². The Bertz CT molecular complexity index is 497. The van der Waals surface area contributed by atoms with Crippen molar-refractivity contribution >= 4 is 11.4 Å². The number of nitrogens with one attached hydrogen (secondary N) is 1. The van der Waals surface area contributed by atoms with E-state index in [4.69, 9.17) is 11.5 Å². The molecule has 1 heterocycles. The second-order valence-electron chi connectivity index (χ2n) is 5.46. The molecule has 0 aromatic heterocycles. The van der Waals surface area contributed by atoms with Gasteiger partial charge in [-0.1, -0.05) is 6.58 Å². The number of nitrogens with two attached hydrogens (primary N) is 2. The Morgan fingerprint density at radius 2 is 2.05 bits per heavy atom. The predicted octanol–water partition coefficient (Wildman–Crippen LogP) is 0.789. The number of anilines is 2. The second kappa shape index (κ2) is 6.78. The quantitative estimate of drug-likeness (QED) is 0.749. The second-order valence-corrected chi connectivity index (χ2v) is 5.46. The molecular formula is C15H24FN5. The topological polar surface area (TPSA) is 70.5 Å². The van der Waals surface area contributed by atoms with Crippen LogP contribution in [0.4, 0.5) is 15.8 Å². The Hall–Kier alpha value is -1.79. The number of benzene rings is 1. The molecule has 116 valence electrons. The Kier molecular flexibility index (Phi) is 5.03. The Morgan fingerprint density at radius 1 is 1.38 bits per heavy atom. The normalized spacial score (nSPS) is 17.6. The molecule has 0 bridgehead atoms. The monoisotopic (exact) mass is 293 g/mol. The molecule has 5 N–H and O–H groups in total. The minimum Gasteiger partial charge on any atom is -0.401 e. The number of hydrogen-bond donors (Lipinski definition) is 3. The van der Waals surface area contributed by atoms with Gasteiger partial charge in [0.2, 0.25) is 0 Å². The number of halogens is 1. The SMILES string of the molecule is C=C(N)C(CN)Nc1ccc(N2CCN(C)CC2)c(F)c1. The van der Waals surface area contributed by atoms with Crippen molar-refractivity contribution in [3.63, 3.8) is 0 Å². The van der Waals surface area contributed by atoms with Gasteiger partial charge in [0.05, 0.1) is 11.7 Å². The number of piperazine rings is 1. The number of rotatable bonds is 5. The molecule has 1 aliphatic rings. The molecule has 5 nitrogen and oxygen atoms in total. The fourth-order valence-corrected chi connectivity index (χ4v) is 2.40. The van der Waals surface area contributed by atoms with Gasteiger partial charge in [0.25, 0.3) is 0 Å². The first kappa shape index (κ1) is 15.6. The average molecular weight is 293 g/mol. The number of nitrogens with zero attached hydrogens (tertiary/aromatic N) is 2. The van der Waals surface area contributed by atoms with Gasteiger partial charge in [-0.25, -0.2) is 4.39 Å². The third-order valence-electron chi connectivity index (χ3n) is 3.82. The Morgan fingerprint density at radius 3 is 2.57 bits per heavy atom. The van der Waals surface area contributed by atoms with Crippen LogP contribution in [0.1, 0.15) is 0 Å². The molecule has 1 unspecified atom stereocenters. The van der Waals surface area contributed by atoms with Crippen LogP contribution in [0.3, 0.4) is 0 Å². The molecule has 1 fully saturated rings. The van der Waals surface area contributed by atoms with Crippen LogP contribution in [0.2, 0.25) is 0 Å². The predicted molar refractivity (Wildman–Crippen MR) is 85.9 cm³/mol. The van der Waals surface area contributed by atoms with Crippen LogP contribution in [0.15, 0.2) is 30.5 Å². The fraction of sp³-hybridized carbons (Fsp3) is 0.467. The van der Waals surface area contributed by atoms with E-state index in [1.54, 1.807) is 6.07 Å². The van der Waals surface area contributed by atoms with Crippen molar-refractivity contribution in [2.75, 3.05) is 50.0 Å². The lowest BCUT2D eigenvalue weighted by atomic mass is 10.2. The van der Waals surface area contributed by atoms with Crippen molar-refractivity contribution in [3.05, 3.63) is 36.3 Å². The molecule has 6 heteroatoms. The molecule has 1 aromatic rings. The molecule has 1 aromatic carbocycles. The highest BCUT2D eigenvalue weighted by Crippen LogP contribution is 2.24. The van der Waals surface area contributed by atoms with Crippen LogP contribution >= 0.6 is 0 Å². The van der Waals surface area contributed by atoms with Gasteiger partial charge < -0.3 is 26.6 Å². The van der Waals surface area contributed by atoms with E-state index in [1.807, 2.05) is 6.07 Å². The first-order valence-corrected chi connectivity index (χ1v) is 7.15. The molecule has 21 heavy (non-hydrogen) atoms. The van der Waals surface area contributed by atoms with Gasteiger partial charge in [-0.2, -0.15) is 0 Å². The standard InChI is InChI=1S/C15H24FN5/c1-11(18)14(10-17)19-12-3-4-15(13(16)9-12)21-7-5-20(2)6-8-21/h3-4,9,14,19H,1,5-8,10,17-18H2,2H3. The highest BCUT2D eigenvalue weighted by Gasteiger charge is 2.18. The highest BCUT2D eigenvalue weighted by atomic mass is 19.1. The molecule has 0 amide bonds. The highest BCUT2D eigenvalue weighted by molar-refractivity contribution is 5.57. The largest absolute Gasteiger partial charge is 0.401 e. The summed E-state index contributed by atoms with van der Waals surface area (Å²) in [5.74, 6) is -0.233. The van der Waals surface area contributed by atoms with Crippen LogP contribution in [0.25, 0.3) is 0 Å². The Labute approximate surface area is 125 Å². The summed E-state index contributed by atoms with van der Waals surface area (Å²) in [4.78, 5) is 4.31. The maximum absolute atomic E-state index is 14.3. The average Bonchev–Trinajstić information content (AvgIpc) is 2.46. The zero-order valence-electron chi connectivity index (χ0n) is 12.5. The molecule has 1 aliphatic heterocycles. The number of hydrogen-bond acceptors (Lipinski definition) is 5. The molecule has 1 saturated heterocycles. The van der Waals surface area contributed by atoms with Gasteiger partial charge >= 0.3 is 0 Å². The van der Waals surface area contributed by atoms with E-state index < -0.39 is 0 Å². The third kappa shape index (κ3) is 3.86. The lowest BCUT2D eigenvalue weighted by molar-refractivity contribution is 0.311. The van der Waals surface area contributed by atoms with Gasteiger partial charge in [-0.3, -0.25) is 0 Å². The summed E-state index contributed by atoms with van der Waals surface area (Å²) in [7, 11) is 2.08. The smallest absolute Gasteiger partial charge is 0.148 e. The van der Waals surface area contributed by atoms with Crippen molar-refractivity contribution in [2.45, 2.75) is 6.04 Å². The van der Waals surface area contributed by atoms with E-state index in [2.05, 4.69) is 28.7 Å². The summed E-state index contributed by atoms with van der Waals surface area (Å²) >= 11 is 0. The van der Waals surface area contributed by atoms with Gasteiger partial charge in [-0.05, 0) is 25.2 Å². The van der Waals surface area contributed by atoms with Crippen molar-refractivity contribution < 1.29 is 4.39 Å². The minimum absolute atomic E-state index is 0.233. The summed E-state index contributed by atoms with van der Waals surface area (Å²) in [6, 6.07) is 4.89. The van der Waals surface area contributed by atoms with Gasteiger partial charge in [0.15, 0.2) is 0 Å². The fourth-order valence-electron chi connectivity index (χ4n) is 2.40. The van der Waals surface area contributed by atoms with E-state index in [-0.39, 0.29) is 11.9 Å². The molecule has 0 aliphatic carbocycles. The molecule has 2 rings (SSSR count). The first-order chi connectivity index (χ1) is 10.0. The summed E-state index contributed by atoms with van der Waals surface area (Å²) in [5, 5.41) is 3.09. The van der Waals surface area contributed by atoms with Crippen molar-refractivity contribution in [1.82, 2.24) is 4.90 Å². The zero-order chi connectivity index (χ0) is 15.4. The summed E-state index contributed by atoms with van der Waals surface area (Å²) < 4.78 is 14.3. The molecule has 0 radical (unpaired) electrons. The van der Waals surface area contributed by atoms with Crippen molar-refractivity contribution in [1.29, 1.82) is 0 Å². The molecule has 0 spiro atoms. The summed E-state index contributed by atoms with van der Waals surface area (Å²) in [6.07, 6.45) is 0. The van der Waals surface area contributed by atoms with Crippen molar-refractivity contribution in [2.24, 2.45) is 11.5 Å². The van der Waals surface area contributed by atoms with Crippen LogP contribution in [0, 0.1) is 5.82 Å². The maximum atomic E-state index is 14.3. The van der Waals surface area contributed by atoms with Crippen molar-refractivity contribution in [3.8, 4) is 0 Å². The maximum Gasteiger partial charge on any atom is 0.148 e. The van der Waals surface area contributed by atoms with Crippen LogP contribution in [-0.4, -0.2) is 50.7 Å². The van der Waals surface area contributed by atoms with Gasteiger partial charge in [-0.15, -0.1) is 0 Å². The van der Waals surface area contributed by atoms with E-state index in [0.29, 0.717) is 23.6 Å². The van der Waals surface area contributed by atoms with Gasteiger partial charge in [0.1, 0.15) is 5.82 Å². The van der Waals surface area contributed by atoms with Crippen LogP contribution < -0.4 is 21.7 Å². The summed E-state index contributed by atoms with van der Waals surface area (Å²) in [5.41, 5.74) is 13.0. The van der Waals surface area contributed by atoms with E-state index >= 15 is 0 Å². The van der Waals surface area contributed by atoms with E-state index in [1.165, 1.54) is 6.07 Å². The third-order valence-corrected chi connectivity index (χ3v) is 3.82. The lowest BCUT2D eigenvalue weighted by Crippen LogP contribution is -2.44. The number of likely N-dealkylation sites (N-methyl/N-ethyl adjacent to an activating group) is 1. The molecule has 1 atom stereocenters. The van der Waals surface area contributed by atoms with E-state index in [0.717, 1.165) is 26.2 Å². The van der Waals surface area contributed by atoms with Crippen LogP contribution in [0.5, 0.6) is 0 Å². The lowest BCUT2D eigenvalue weighted by Gasteiger charge is -2.34. The minimum atomic E-state index is -0.251. The Balaban J connectivity index is 2.08. The first-order valence-electron chi connectivity index (χ1n) is 7.15. The zero-order valence-corrected chi connectivity index (χ0v) is 12.5. The van der Waals surface area contributed by atoms with Crippen LogP contribution in [-0.2, 0) is 0 Å². The summed E-state index contributed by atoms with van der Waals surface area (Å²) in [6.45, 7) is 7.56.